The molecule has 12 N–H and O–H groups in total. The zero-order valence-electron chi connectivity index (χ0n) is 40.7. The van der Waals surface area contributed by atoms with Gasteiger partial charge in [0.2, 0.25) is 6.29 Å². The first-order valence-corrected chi connectivity index (χ1v) is 24.9. The Hall–Kier alpha value is -1.47. The zero-order chi connectivity index (χ0) is 50.0. The smallest absolute Gasteiger partial charge is 0.315 e. The summed E-state index contributed by atoms with van der Waals surface area (Å²) in [4.78, 5) is 15.1. The fourth-order valence-electron chi connectivity index (χ4n) is 16.0. The van der Waals surface area contributed by atoms with E-state index >= 15 is 4.79 Å². The molecule has 19 nitrogen and oxygen atoms in total. The molecule has 3 heterocycles. The van der Waals surface area contributed by atoms with Gasteiger partial charge in [0.25, 0.3) is 0 Å². The lowest BCUT2D eigenvalue weighted by Crippen LogP contribution is -2.70. The van der Waals surface area contributed by atoms with Crippen LogP contribution < -0.4 is 0 Å². The van der Waals surface area contributed by atoms with Crippen molar-refractivity contribution >= 4 is 5.97 Å². The van der Waals surface area contributed by atoms with Crippen molar-refractivity contribution in [1.82, 2.24) is 0 Å². The van der Waals surface area contributed by atoms with Gasteiger partial charge in [-0.2, -0.15) is 0 Å². The summed E-state index contributed by atoms with van der Waals surface area (Å²) in [6, 6.07) is 0. The molecule has 7 fully saturated rings. The van der Waals surface area contributed by atoms with Crippen molar-refractivity contribution in [2.45, 2.75) is 205 Å². The van der Waals surface area contributed by atoms with Crippen LogP contribution in [0.5, 0.6) is 0 Å². The van der Waals surface area contributed by atoms with Crippen LogP contribution in [0.1, 0.15) is 100 Å². The van der Waals surface area contributed by atoms with Crippen LogP contribution in [0, 0.1) is 62.6 Å². The molecule has 0 unspecified atom stereocenters. The van der Waals surface area contributed by atoms with Crippen molar-refractivity contribution in [3.63, 3.8) is 0 Å². The van der Waals surface area contributed by atoms with Gasteiger partial charge in [-0.3, -0.25) is 4.79 Å². The number of rotatable bonds is 9. The summed E-state index contributed by atoms with van der Waals surface area (Å²) in [6.07, 6.45) is -19.8. The van der Waals surface area contributed by atoms with Crippen LogP contribution >= 0.6 is 0 Å². The van der Waals surface area contributed by atoms with Crippen molar-refractivity contribution in [3.8, 4) is 0 Å². The highest BCUT2D eigenvalue weighted by molar-refractivity contribution is 5.79. The number of carbonyl (C=O) groups is 1. The molecule has 5 aliphatic carbocycles. The molecule has 4 saturated carbocycles. The third-order valence-electron chi connectivity index (χ3n) is 19.9. The lowest BCUT2D eigenvalue weighted by atomic mass is 9.32. The summed E-state index contributed by atoms with van der Waals surface area (Å²) in [6.45, 7) is 15.2. The van der Waals surface area contributed by atoms with Gasteiger partial charge >= 0.3 is 5.97 Å². The minimum Gasteiger partial charge on any atom is -0.432 e. The summed E-state index contributed by atoms with van der Waals surface area (Å²) in [7, 11) is 0. The summed E-state index contributed by atoms with van der Waals surface area (Å²) >= 11 is 0. The Morgan fingerprint density at radius 1 is 0.706 bits per heavy atom. The third kappa shape index (κ3) is 7.90. The van der Waals surface area contributed by atoms with E-state index in [2.05, 4.69) is 47.6 Å². The normalized spacial score (nSPS) is 57.1. The molecule has 8 aliphatic rings. The highest BCUT2D eigenvalue weighted by Gasteiger charge is 2.72. The number of ether oxygens (including phenoxy) is 6. The Morgan fingerprint density at radius 3 is 2.00 bits per heavy atom. The second kappa shape index (κ2) is 18.8. The van der Waals surface area contributed by atoms with Crippen molar-refractivity contribution in [2.24, 2.45) is 62.6 Å². The SMILES string of the molecule is C[C@H]1[C@H](C)CC[C@]2(C(=O)O[C@@H]3O[C@H](CO[C@@H]4O[C@H](CO)[C@@H](O[C@@H]5O[C@@H](C)[C@H](O)[C@@H](O)[C@H]5O)[C@H](O)[C@H]4O)[C@@H](O)[C@H](O)[C@H]3O)CC[C@]3(C)C(=CC[C@@H]4[C@@]5(C)C[C@@H](O)[C@H](O)[C@@](C)(CO)[C@@H]5[C@H](C)C[C@]43C)[C@H]12. The van der Waals surface area contributed by atoms with Crippen LogP contribution in [-0.4, -0.2) is 191 Å². The summed E-state index contributed by atoms with van der Waals surface area (Å²) in [5, 5.41) is 130. The van der Waals surface area contributed by atoms with E-state index in [-0.39, 0.29) is 52.9 Å². The van der Waals surface area contributed by atoms with Gasteiger partial charge in [-0.1, -0.05) is 60.1 Å². The van der Waals surface area contributed by atoms with Gasteiger partial charge in [0.1, 0.15) is 67.1 Å². The molecule has 390 valence electrons. The molecular weight excluding hydrogens is 893 g/mol. The minimum atomic E-state index is -1.86. The quantitative estimate of drug-likeness (QED) is 0.0996. The van der Waals surface area contributed by atoms with E-state index < -0.39 is 140 Å². The number of hydrogen-bond acceptors (Lipinski definition) is 19. The number of aliphatic hydroxyl groups is 12. The molecule has 0 spiro atoms. The topological polar surface area (TPSA) is 315 Å². The first-order chi connectivity index (χ1) is 31.8. The lowest BCUT2D eigenvalue weighted by Gasteiger charge is -2.73. The first kappa shape index (κ1) is 52.8. The highest BCUT2D eigenvalue weighted by atomic mass is 16.8. The molecule has 0 aromatic carbocycles. The van der Waals surface area contributed by atoms with E-state index in [1.165, 1.54) is 12.5 Å². The average molecular weight is 973 g/mol. The minimum absolute atomic E-state index is 0.0436. The van der Waals surface area contributed by atoms with Crippen LogP contribution in [-0.2, 0) is 33.2 Å². The van der Waals surface area contributed by atoms with Crippen LogP contribution in [0.4, 0.5) is 0 Å². The van der Waals surface area contributed by atoms with Crippen LogP contribution in [0.15, 0.2) is 11.6 Å². The Bertz CT molecular complexity index is 1860. The molecule has 0 radical (unpaired) electrons. The second-order valence-electron chi connectivity index (χ2n) is 23.5. The molecular formula is C49H80O19. The first-order valence-electron chi connectivity index (χ1n) is 24.9. The Balaban J connectivity index is 0.994. The fourth-order valence-corrected chi connectivity index (χ4v) is 16.0. The standard InChI is InChI=1S/C49H80O19/c1-20-11-12-49(14-13-47(7)24(29(49)22(20)3)9-10-28-45(5)16-25(52)40(61)46(6,19-51)39(45)21(2)15-48(28,47)8)44(62)68-43-36(59)33(56)31(54)27(66-43)18-63-41-37(60)34(57)38(26(17-50)65-41)67-42-35(58)32(55)30(53)23(4)64-42/h9,20-23,25-43,50-61H,10-19H2,1-8H3/t20-,21-,22+,23+,25-,26-,27-,28-,29+,30+,31-,32-,33+,34-,35-,36-,37-,38-,39-,40+,41-,42+,43+,45-,46+,47-,48-,49+/m1/s1. The van der Waals surface area contributed by atoms with Crippen LogP contribution in [0.3, 0.4) is 0 Å². The van der Waals surface area contributed by atoms with Crippen molar-refractivity contribution in [3.05, 3.63) is 11.6 Å². The Kier molecular flexibility index (Phi) is 14.6. The second-order valence-corrected chi connectivity index (χ2v) is 23.5. The molecule has 3 aliphatic heterocycles. The van der Waals surface area contributed by atoms with Gasteiger partial charge in [-0.15, -0.1) is 0 Å². The van der Waals surface area contributed by atoms with E-state index in [4.69, 9.17) is 28.4 Å². The summed E-state index contributed by atoms with van der Waals surface area (Å²) < 4.78 is 34.8. The maximum absolute atomic E-state index is 15.1. The molecule has 3 saturated heterocycles. The number of aliphatic hydroxyl groups excluding tert-OH is 12. The van der Waals surface area contributed by atoms with Gasteiger partial charge in [0, 0.05) is 5.41 Å². The van der Waals surface area contributed by atoms with Gasteiger partial charge in [0.15, 0.2) is 12.6 Å². The van der Waals surface area contributed by atoms with Crippen LogP contribution in [0.2, 0.25) is 0 Å². The molecule has 0 bridgehead atoms. The molecule has 0 aromatic rings. The van der Waals surface area contributed by atoms with E-state index in [1.807, 2.05) is 6.92 Å². The van der Waals surface area contributed by atoms with Gasteiger partial charge in [-0.05, 0) is 104 Å². The number of allylic oxidation sites excluding steroid dienone is 2. The van der Waals surface area contributed by atoms with E-state index in [9.17, 15) is 61.3 Å². The highest BCUT2D eigenvalue weighted by Crippen LogP contribution is 2.76. The number of carbonyl (C=O) groups excluding carboxylic acids is 1. The zero-order valence-corrected chi connectivity index (χ0v) is 40.7. The van der Waals surface area contributed by atoms with Gasteiger partial charge in [-0.25, -0.2) is 0 Å². The molecule has 19 heteroatoms. The summed E-state index contributed by atoms with van der Waals surface area (Å²) in [5.74, 6) is -0.354. The predicted molar refractivity (Wildman–Crippen MR) is 236 cm³/mol. The number of hydrogen-bond donors (Lipinski definition) is 12. The van der Waals surface area contributed by atoms with E-state index in [0.29, 0.717) is 32.1 Å². The molecule has 8 rings (SSSR count). The fraction of sp³-hybridized carbons (Fsp3) is 0.939. The maximum atomic E-state index is 15.1. The molecule has 0 amide bonds. The van der Waals surface area contributed by atoms with Crippen molar-refractivity contribution < 1.29 is 94.5 Å². The molecule has 28 atom stereocenters. The third-order valence-corrected chi connectivity index (χ3v) is 19.9. The maximum Gasteiger partial charge on any atom is 0.315 e. The largest absolute Gasteiger partial charge is 0.432 e. The van der Waals surface area contributed by atoms with Crippen LogP contribution in [0.25, 0.3) is 0 Å². The lowest BCUT2D eigenvalue weighted by molar-refractivity contribution is -0.361. The Morgan fingerprint density at radius 2 is 1.34 bits per heavy atom. The Labute approximate surface area is 398 Å². The average Bonchev–Trinajstić information content (AvgIpc) is 3.29. The van der Waals surface area contributed by atoms with E-state index in [1.54, 1.807) is 0 Å². The van der Waals surface area contributed by atoms with Gasteiger partial charge in [0.05, 0.1) is 43.5 Å². The molecule has 68 heavy (non-hydrogen) atoms. The number of esters is 1. The van der Waals surface area contributed by atoms with Crippen molar-refractivity contribution in [2.75, 3.05) is 19.8 Å². The molecule has 0 aromatic heterocycles. The van der Waals surface area contributed by atoms with Crippen molar-refractivity contribution in [1.29, 1.82) is 0 Å². The number of fused-ring (bicyclic) bond motifs is 7. The predicted octanol–water partition coefficient (Wildman–Crippen LogP) is -0.787. The monoisotopic (exact) mass is 973 g/mol. The van der Waals surface area contributed by atoms with Gasteiger partial charge < -0.3 is 89.7 Å². The summed E-state index contributed by atoms with van der Waals surface area (Å²) in [5.41, 5.74) is -1.75. The van der Waals surface area contributed by atoms with E-state index in [0.717, 1.165) is 12.8 Å².